The fourth-order valence-electron chi connectivity index (χ4n) is 2.16. The largest absolute Gasteiger partial charge is 0.393 e. The summed E-state index contributed by atoms with van der Waals surface area (Å²) in [4.78, 5) is 2.33. The summed E-state index contributed by atoms with van der Waals surface area (Å²) in [6.45, 7) is 2.62. The van der Waals surface area contributed by atoms with Gasteiger partial charge in [-0.15, -0.1) is 0 Å². The van der Waals surface area contributed by atoms with Crippen molar-refractivity contribution in [3.63, 3.8) is 0 Å². The van der Waals surface area contributed by atoms with E-state index in [-0.39, 0.29) is 6.10 Å². The van der Waals surface area contributed by atoms with Crippen molar-refractivity contribution >= 4 is 5.69 Å². The Morgan fingerprint density at radius 2 is 1.81 bits per heavy atom. The highest BCUT2D eigenvalue weighted by atomic mass is 16.3. The van der Waals surface area contributed by atoms with Gasteiger partial charge in [-0.25, -0.2) is 0 Å². The Kier molecular flexibility index (Phi) is 3.80. The molecule has 3 nitrogen and oxygen atoms in total. The molecule has 0 spiro atoms. The predicted molar refractivity (Wildman–Crippen MR) is 66.7 cm³/mol. The summed E-state index contributed by atoms with van der Waals surface area (Å²) in [5, 5.41) is 9.45. The van der Waals surface area contributed by atoms with Gasteiger partial charge in [0.05, 0.1) is 6.10 Å². The number of hydrogen-bond acceptors (Lipinski definition) is 3. The van der Waals surface area contributed by atoms with Gasteiger partial charge in [0.1, 0.15) is 0 Å². The van der Waals surface area contributed by atoms with Gasteiger partial charge < -0.3 is 15.7 Å². The van der Waals surface area contributed by atoms with Crippen LogP contribution in [0.4, 0.5) is 5.69 Å². The van der Waals surface area contributed by atoms with Crippen molar-refractivity contribution in [3.05, 3.63) is 29.8 Å². The highest BCUT2D eigenvalue weighted by molar-refractivity contribution is 5.48. The lowest BCUT2D eigenvalue weighted by molar-refractivity contribution is 0.145. The van der Waals surface area contributed by atoms with Crippen molar-refractivity contribution < 1.29 is 5.11 Å². The third-order valence-corrected chi connectivity index (χ3v) is 3.20. The number of nitrogens with two attached hydrogens (primary N) is 1. The van der Waals surface area contributed by atoms with E-state index < -0.39 is 0 Å². The van der Waals surface area contributed by atoms with Gasteiger partial charge in [0, 0.05) is 18.8 Å². The number of aliphatic hydroxyl groups is 1. The molecule has 16 heavy (non-hydrogen) atoms. The number of nitrogens with zero attached hydrogens (tertiary/aromatic N) is 1. The van der Waals surface area contributed by atoms with Gasteiger partial charge in [-0.3, -0.25) is 0 Å². The molecule has 3 N–H and O–H groups in total. The summed E-state index contributed by atoms with van der Waals surface area (Å²) in [7, 11) is 0. The van der Waals surface area contributed by atoms with E-state index in [0.29, 0.717) is 6.54 Å². The quantitative estimate of drug-likeness (QED) is 0.803. The maximum atomic E-state index is 9.45. The van der Waals surface area contributed by atoms with Crippen molar-refractivity contribution in [1.82, 2.24) is 0 Å². The first-order valence-electron chi connectivity index (χ1n) is 6.01. The normalized spacial score (nSPS) is 17.8. The number of benzene rings is 1. The second kappa shape index (κ2) is 5.32. The van der Waals surface area contributed by atoms with Crippen molar-refractivity contribution in [3.8, 4) is 0 Å². The number of rotatable bonds is 3. The average Bonchev–Trinajstić information content (AvgIpc) is 2.32. The second-order valence-electron chi connectivity index (χ2n) is 4.42. The molecule has 0 radical (unpaired) electrons. The van der Waals surface area contributed by atoms with Crippen LogP contribution in [0.1, 0.15) is 18.4 Å². The summed E-state index contributed by atoms with van der Waals surface area (Å²) < 4.78 is 0. The van der Waals surface area contributed by atoms with Crippen molar-refractivity contribution in [2.24, 2.45) is 5.73 Å². The van der Waals surface area contributed by atoms with Crippen molar-refractivity contribution in [2.75, 3.05) is 24.5 Å². The van der Waals surface area contributed by atoms with E-state index in [1.54, 1.807) is 0 Å². The van der Waals surface area contributed by atoms with E-state index in [1.807, 2.05) is 0 Å². The van der Waals surface area contributed by atoms with Crippen LogP contribution >= 0.6 is 0 Å². The van der Waals surface area contributed by atoms with Crippen LogP contribution in [0.25, 0.3) is 0 Å². The maximum Gasteiger partial charge on any atom is 0.0574 e. The van der Waals surface area contributed by atoms with E-state index in [1.165, 1.54) is 11.3 Å². The van der Waals surface area contributed by atoms with Crippen LogP contribution < -0.4 is 10.6 Å². The molecule has 0 saturated carbocycles. The topological polar surface area (TPSA) is 49.5 Å². The molecule has 3 heteroatoms. The number of anilines is 1. The van der Waals surface area contributed by atoms with Crippen molar-refractivity contribution in [1.29, 1.82) is 0 Å². The first kappa shape index (κ1) is 11.4. The van der Waals surface area contributed by atoms with E-state index in [9.17, 15) is 5.11 Å². The zero-order valence-electron chi connectivity index (χ0n) is 9.60. The molecule has 1 aliphatic rings. The molecule has 0 bridgehead atoms. The molecule has 1 fully saturated rings. The van der Waals surface area contributed by atoms with Crippen LogP contribution in [0.15, 0.2) is 24.3 Å². The predicted octanol–water partition coefficient (Wildman–Crippen LogP) is 1.15. The van der Waals surface area contributed by atoms with Crippen LogP contribution in [0, 0.1) is 0 Å². The Morgan fingerprint density at radius 1 is 1.19 bits per heavy atom. The smallest absolute Gasteiger partial charge is 0.0574 e. The SMILES string of the molecule is NCCc1ccc(N2CCC(O)CC2)cc1. The van der Waals surface area contributed by atoms with E-state index in [2.05, 4.69) is 29.2 Å². The fourth-order valence-corrected chi connectivity index (χ4v) is 2.16. The zero-order chi connectivity index (χ0) is 11.4. The Balaban J connectivity index is 1.98. The Morgan fingerprint density at radius 3 is 2.38 bits per heavy atom. The minimum Gasteiger partial charge on any atom is -0.393 e. The molecule has 0 aromatic heterocycles. The third kappa shape index (κ3) is 2.74. The minimum absolute atomic E-state index is 0.104. The summed E-state index contributed by atoms with van der Waals surface area (Å²) >= 11 is 0. The van der Waals surface area contributed by atoms with E-state index in [0.717, 1.165) is 32.4 Å². The first-order valence-corrected chi connectivity index (χ1v) is 6.01. The lowest BCUT2D eigenvalue weighted by Crippen LogP contribution is -2.35. The van der Waals surface area contributed by atoms with Gasteiger partial charge in [0.15, 0.2) is 0 Å². The molecule has 2 rings (SSSR count). The number of aliphatic hydroxyl groups excluding tert-OH is 1. The van der Waals surface area contributed by atoms with Crippen LogP contribution in [-0.4, -0.2) is 30.8 Å². The fraction of sp³-hybridized carbons (Fsp3) is 0.538. The molecular weight excluding hydrogens is 200 g/mol. The molecule has 88 valence electrons. The number of hydrogen-bond donors (Lipinski definition) is 2. The Bertz CT molecular complexity index is 315. The maximum absolute atomic E-state index is 9.45. The molecule has 1 aromatic carbocycles. The molecule has 0 atom stereocenters. The van der Waals surface area contributed by atoms with Crippen molar-refractivity contribution in [2.45, 2.75) is 25.4 Å². The monoisotopic (exact) mass is 220 g/mol. The lowest BCUT2D eigenvalue weighted by atomic mass is 10.1. The molecule has 1 aliphatic heterocycles. The first-order chi connectivity index (χ1) is 7.79. The lowest BCUT2D eigenvalue weighted by Gasteiger charge is -2.31. The van der Waals surface area contributed by atoms with Gasteiger partial charge in [-0.1, -0.05) is 12.1 Å². The minimum atomic E-state index is -0.104. The molecule has 0 amide bonds. The summed E-state index contributed by atoms with van der Waals surface area (Å²) in [5.41, 5.74) is 8.07. The zero-order valence-corrected chi connectivity index (χ0v) is 9.60. The van der Waals surface area contributed by atoms with Gasteiger partial charge in [-0.05, 0) is 43.5 Å². The van der Waals surface area contributed by atoms with E-state index in [4.69, 9.17) is 5.73 Å². The van der Waals surface area contributed by atoms with Gasteiger partial charge >= 0.3 is 0 Å². The highest BCUT2D eigenvalue weighted by Crippen LogP contribution is 2.20. The molecular formula is C13H20N2O. The Hall–Kier alpha value is -1.06. The van der Waals surface area contributed by atoms with E-state index >= 15 is 0 Å². The highest BCUT2D eigenvalue weighted by Gasteiger charge is 2.16. The molecule has 0 unspecified atom stereocenters. The second-order valence-corrected chi connectivity index (χ2v) is 4.42. The molecule has 1 saturated heterocycles. The molecule has 0 aliphatic carbocycles. The Labute approximate surface area is 96.9 Å². The van der Waals surface area contributed by atoms with Crippen LogP contribution in [0.2, 0.25) is 0 Å². The standard InChI is InChI=1S/C13H20N2O/c14-8-5-11-1-3-12(4-2-11)15-9-6-13(16)7-10-15/h1-4,13,16H,5-10,14H2. The summed E-state index contributed by atoms with van der Waals surface area (Å²) in [5.74, 6) is 0. The summed E-state index contributed by atoms with van der Waals surface area (Å²) in [6.07, 6.45) is 2.60. The third-order valence-electron chi connectivity index (χ3n) is 3.20. The molecule has 1 aromatic rings. The van der Waals surface area contributed by atoms with Gasteiger partial charge in [0.2, 0.25) is 0 Å². The van der Waals surface area contributed by atoms with Crippen LogP contribution in [0.3, 0.4) is 0 Å². The van der Waals surface area contributed by atoms with Gasteiger partial charge in [-0.2, -0.15) is 0 Å². The summed E-state index contributed by atoms with van der Waals surface area (Å²) in [6, 6.07) is 8.60. The average molecular weight is 220 g/mol. The van der Waals surface area contributed by atoms with Gasteiger partial charge in [0.25, 0.3) is 0 Å². The van der Waals surface area contributed by atoms with Crippen LogP contribution in [0.5, 0.6) is 0 Å². The number of piperidine rings is 1. The van der Waals surface area contributed by atoms with Crippen LogP contribution in [-0.2, 0) is 6.42 Å². The molecule has 1 heterocycles.